The number of rotatable bonds is 8. The van der Waals surface area contributed by atoms with Crippen LogP contribution in [-0.4, -0.2) is 54.4 Å². The molecule has 148 valence electrons. The topological polar surface area (TPSA) is 46.5 Å². The van der Waals surface area contributed by atoms with E-state index in [2.05, 4.69) is 27.4 Å². The zero-order valence-electron chi connectivity index (χ0n) is 14.2. The number of ether oxygens (including phenoxy) is 1. The first kappa shape index (κ1) is 25.4. The van der Waals surface area contributed by atoms with Crippen LogP contribution in [0.25, 0.3) is 0 Å². The number of hydrogen-bond acceptors (Lipinski definition) is 3. The van der Waals surface area contributed by atoms with Crippen molar-refractivity contribution in [3.8, 4) is 0 Å². The van der Waals surface area contributed by atoms with Gasteiger partial charge in [0, 0.05) is 5.57 Å². The summed E-state index contributed by atoms with van der Waals surface area (Å²) in [5.41, 5.74) is 0.361. The molecule has 0 saturated heterocycles. The molecular formula is C13H26F6NO3P. The number of nitrogens with zero attached hydrogens (tertiary/aromatic N) is 1. The van der Waals surface area contributed by atoms with Crippen LogP contribution in [-0.2, 0) is 9.53 Å². The quantitative estimate of drug-likeness (QED) is 0.215. The number of quaternary nitrogens is 1. The van der Waals surface area contributed by atoms with Gasteiger partial charge in [0.2, 0.25) is 0 Å². The molecule has 0 radical (unpaired) electrons. The van der Waals surface area contributed by atoms with Gasteiger partial charge in [0.1, 0.15) is 19.3 Å². The van der Waals surface area contributed by atoms with E-state index in [-0.39, 0.29) is 6.61 Å². The molecular weight excluding hydrogens is 363 g/mol. The molecule has 1 unspecified atom stereocenters. The number of aliphatic hydroxyl groups excluding tert-OH is 1. The normalized spacial score (nSPS) is 16.1. The van der Waals surface area contributed by atoms with Gasteiger partial charge in [0.25, 0.3) is 0 Å². The van der Waals surface area contributed by atoms with Gasteiger partial charge < -0.3 is 14.3 Å². The molecule has 0 aromatic carbocycles. The Labute approximate surface area is 137 Å². The van der Waals surface area contributed by atoms with Gasteiger partial charge in [-0.05, 0) is 27.7 Å². The van der Waals surface area contributed by atoms with E-state index in [4.69, 9.17) is 4.74 Å². The van der Waals surface area contributed by atoms with Crippen LogP contribution < -0.4 is 0 Å². The number of hydrogen-bond donors (Lipinski definition) is 1. The zero-order chi connectivity index (χ0) is 19.9. The number of esters is 1. The number of likely N-dealkylation sites (N-methyl/N-ethyl adjacent to an activating group) is 1. The molecule has 0 aromatic heterocycles. The molecule has 0 aromatic rings. The fraction of sp³-hybridized carbons (Fsp3) is 0.769. The van der Waals surface area contributed by atoms with Crippen LogP contribution in [0.1, 0.15) is 27.7 Å². The molecule has 0 saturated carbocycles. The van der Waals surface area contributed by atoms with Crippen LogP contribution in [0.3, 0.4) is 0 Å². The Morgan fingerprint density at radius 1 is 1.08 bits per heavy atom. The van der Waals surface area contributed by atoms with Gasteiger partial charge in [-0.2, -0.15) is 0 Å². The van der Waals surface area contributed by atoms with Crippen molar-refractivity contribution in [2.45, 2.75) is 33.8 Å². The molecule has 1 atom stereocenters. The van der Waals surface area contributed by atoms with Crippen molar-refractivity contribution in [3.05, 3.63) is 12.2 Å². The first-order valence-corrected chi connectivity index (χ1v) is 9.30. The van der Waals surface area contributed by atoms with Crippen molar-refractivity contribution in [3.63, 3.8) is 0 Å². The summed E-state index contributed by atoms with van der Waals surface area (Å²) in [6.45, 7) is 15.0. The molecule has 0 bridgehead atoms. The van der Waals surface area contributed by atoms with Gasteiger partial charge in [-0.15, -0.1) is 0 Å². The molecule has 0 aliphatic heterocycles. The van der Waals surface area contributed by atoms with Crippen LogP contribution >= 0.6 is 7.81 Å². The SMILES string of the molecule is C=C(C)C(=O)OCC(O)C[N+](CC)(CC)CC.F[P-](F)(F)(F)(F)F. The van der Waals surface area contributed by atoms with Crippen molar-refractivity contribution in [1.82, 2.24) is 0 Å². The van der Waals surface area contributed by atoms with E-state index < -0.39 is 19.9 Å². The van der Waals surface area contributed by atoms with Gasteiger partial charge >= 0.3 is 39.0 Å². The van der Waals surface area contributed by atoms with E-state index in [1.165, 1.54) is 0 Å². The second-order valence-electron chi connectivity index (χ2n) is 5.46. The summed E-state index contributed by atoms with van der Waals surface area (Å²) in [6.07, 6.45) is -0.613. The predicted octanol–water partition coefficient (Wildman–Crippen LogP) is 4.73. The molecule has 0 aliphatic carbocycles. The van der Waals surface area contributed by atoms with Crippen molar-refractivity contribution in [2.24, 2.45) is 0 Å². The number of aliphatic hydroxyl groups is 1. The van der Waals surface area contributed by atoms with Crippen molar-refractivity contribution < 1.29 is 44.3 Å². The average molecular weight is 389 g/mol. The molecule has 4 nitrogen and oxygen atoms in total. The van der Waals surface area contributed by atoms with Gasteiger partial charge in [0.15, 0.2) is 0 Å². The molecule has 0 fully saturated rings. The van der Waals surface area contributed by atoms with Gasteiger partial charge in [0.05, 0.1) is 19.6 Å². The molecule has 11 heteroatoms. The Kier molecular flexibility index (Phi) is 8.47. The molecule has 1 N–H and O–H groups in total. The van der Waals surface area contributed by atoms with E-state index in [0.717, 1.165) is 24.1 Å². The minimum absolute atomic E-state index is 0.0473. The molecule has 0 amide bonds. The van der Waals surface area contributed by atoms with Crippen LogP contribution in [0.5, 0.6) is 0 Å². The summed E-state index contributed by atoms with van der Waals surface area (Å²) in [4.78, 5) is 11.2. The Morgan fingerprint density at radius 2 is 1.42 bits per heavy atom. The van der Waals surface area contributed by atoms with Crippen LogP contribution in [0, 0.1) is 0 Å². The number of halogens is 6. The Morgan fingerprint density at radius 3 is 1.67 bits per heavy atom. The molecule has 0 aliphatic rings. The summed E-state index contributed by atoms with van der Waals surface area (Å²) in [7, 11) is -10.7. The molecule has 0 spiro atoms. The third-order valence-corrected chi connectivity index (χ3v) is 3.37. The van der Waals surface area contributed by atoms with Crippen LogP contribution in [0.15, 0.2) is 12.2 Å². The van der Waals surface area contributed by atoms with E-state index in [0.29, 0.717) is 12.1 Å². The molecule has 0 heterocycles. The summed E-state index contributed by atoms with van der Waals surface area (Å²) < 4.78 is 65.0. The Hall–Kier alpha value is -0.860. The van der Waals surface area contributed by atoms with E-state index in [9.17, 15) is 35.1 Å². The first-order valence-electron chi connectivity index (χ1n) is 7.28. The first-order chi connectivity index (χ1) is 10.4. The minimum atomic E-state index is -10.7. The maximum atomic E-state index is 11.2. The van der Waals surface area contributed by atoms with Gasteiger partial charge in [-0.1, -0.05) is 6.58 Å². The summed E-state index contributed by atoms with van der Waals surface area (Å²) in [5.74, 6) is -0.438. The maximum absolute atomic E-state index is 11.2. The standard InChI is InChI=1S/C13H26NO3.F6P/c1-6-14(7-2,8-3)9-12(15)10-17-13(16)11(4)5;1-7(2,3,4,5)6/h12,15H,4,6-10H2,1-3,5H3;/q+1;-1. The Bertz CT molecular complexity index is 414. The predicted molar refractivity (Wildman–Crippen MR) is 82.1 cm³/mol. The van der Waals surface area contributed by atoms with Crippen LogP contribution in [0.2, 0.25) is 0 Å². The van der Waals surface area contributed by atoms with Gasteiger partial charge in [-0.3, -0.25) is 0 Å². The van der Waals surface area contributed by atoms with E-state index in [1.54, 1.807) is 6.92 Å². The van der Waals surface area contributed by atoms with Crippen molar-refractivity contribution in [2.75, 3.05) is 32.8 Å². The number of carbonyl (C=O) groups excluding carboxylic acids is 1. The summed E-state index contributed by atoms with van der Waals surface area (Å²) in [6, 6.07) is 0. The fourth-order valence-electron chi connectivity index (χ4n) is 1.85. The monoisotopic (exact) mass is 389 g/mol. The second kappa shape index (κ2) is 8.01. The molecule has 24 heavy (non-hydrogen) atoms. The number of carbonyl (C=O) groups is 1. The fourth-order valence-corrected chi connectivity index (χ4v) is 1.85. The van der Waals surface area contributed by atoms with Crippen molar-refractivity contribution >= 4 is 13.8 Å². The van der Waals surface area contributed by atoms with Gasteiger partial charge in [-0.25, -0.2) is 4.79 Å². The molecule has 0 rings (SSSR count). The van der Waals surface area contributed by atoms with E-state index in [1.807, 2.05) is 0 Å². The average Bonchev–Trinajstić information content (AvgIpc) is 2.38. The summed E-state index contributed by atoms with van der Waals surface area (Å²) >= 11 is 0. The third-order valence-electron chi connectivity index (χ3n) is 3.37. The van der Waals surface area contributed by atoms with E-state index >= 15 is 0 Å². The summed E-state index contributed by atoms with van der Waals surface area (Å²) in [5, 5.41) is 9.89. The second-order valence-corrected chi connectivity index (χ2v) is 7.38. The van der Waals surface area contributed by atoms with Crippen LogP contribution in [0.4, 0.5) is 25.2 Å². The third kappa shape index (κ3) is 17.5. The zero-order valence-corrected chi connectivity index (χ0v) is 15.1. The van der Waals surface area contributed by atoms with Crippen molar-refractivity contribution in [1.29, 1.82) is 0 Å². The Balaban J connectivity index is 0.